The standard InChI is InChI=1S/C16H23N3S2/c1-2-3-4-5-6-12-10-20-15(18-12)16-19-13-8-7-11(17)9-14(13)21-16/h7-9,12,15,18H,2-6,10,17H2,1H3. The number of rotatable bonds is 6. The van der Waals surface area contributed by atoms with Crippen molar-refractivity contribution in [3.05, 3.63) is 23.2 Å². The first-order valence-electron chi connectivity index (χ1n) is 7.80. The van der Waals surface area contributed by atoms with Crippen molar-refractivity contribution in [1.82, 2.24) is 10.3 Å². The molecular formula is C16H23N3S2. The Morgan fingerprint density at radius 3 is 3.10 bits per heavy atom. The molecule has 2 heterocycles. The first kappa shape index (κ1) is 15.1. The maximum atomic E-state index is 5.85. The number of anilines is 1. The van der Waals surface area contributed by atoms with Gasteiger partial charge in [-0.05, 0) is 24.6 Å². The lowest BCUT2D eigenvalue weighted by molar-refractivity contribution is 0.502. The van der Waals surface area contributed by atoms with E-state index >= 15 is 0 Å². The lowest BCUT2D eigenvalue weighted by Gasteiger charge is -2.11. The first-order chi connectivity index (χ1) is 10.3. The quantitative estimate of drug-likeness (QED) is 0.605. The number of aromatic nitrogens is 1. The summed E-state index contributed by atoms with van der Waals surface area (Å²) in [5.41, 5.74) is 7.73. The number of nitrogens with one attached hydrogen (secondary N) is 1. The number of nitrogens with zero attached hydrogens (tertiary/aromatic N) is 1. The van der Waals surface area contributed by atoms with Crippen LogP contribution in [0.2, 0.25) is 0 Å². The molecule has 1 aliphatic heterocycles. The molecule has 21 heavy (non-hydrogen) atoms. The molecule has 2 atom stereocenters. The molecular weight excluding hydrogens is 298 g/mol. The minimum Gasteiger partial charge on any atom is -0.399 e. The Kier molecular flexibility index (Phi) is 5.03. The predicted octanol–water partition coefficient (Wildman–Crippen LogP) is 4.55. The van der Waals surface area contributed by atoms with Crippen molar-refractivity contribution in [2.75, 3.05) is 11.5 Å². The predicted molar refractivity (Wildman–Crippen MR) is 94.9 cm³/mol. The Morgan fingerprint density at radius 2 is 2.24 bits per heavy atom. The number of nitrogen functional groups attached to an aromatic ring is 1. The average molecular weight is 322 g/mol. The monoisotopic (exact) mass is 321 g/mol. The number of nitrogens with two attached hydrogens (primary N) is 1. The molecule has 3 nitrogen and oxygen atoms in total. The van der Waals surface area contributed by atoms with E-state index < -0.39 is 0 Å². The summed E-state index contributed by atoms with van der Waals surface area (Å²) in [6.45, 7) is 2.26. The summed E-state index contributed by atoms with van der Waals surface area (Å²) >= 11 is 3.76. The zero-order valence-corrected chi connectivity index (χ0v) is 14.1. The zero-order valence-electron chi connectivity index (χ0n) is 12.5. The minimum absolute atomic E-state index is 0.361. The normalized spacial score (nSPS) is 22.1. The third-order valence-electron chi connectivity index (χ3n) is 3.91. The lowest BCUT2D eigenvalue weighted by atomic mass is 10.1. The third-order valence-corrected chi connectivity index (χ3v) is 6.43. The van der Waals surface area contributed by atoms with Crippen LogP contribution in [-0.4, -0.2) is 16.8 Å². The van der Waals surface area contributed by atoms with E-state index in [0.29, 0.717) is 11.4 Å². The van der Waals surface area contributed by atoms with E-state index in [-0.39, 0.29) is 0 Å². The van der Waals surface area contributed by atoms with Gasteiger partial charge in [-0.15, -0.1) is 23.1 Å². The molecule has 5 heteroatoms. The van der Waals surface area contributed by atoms with Gasteiger partial charge in [0.05, 0.1) is 10.2 Å². The van der Waals surface area contributed by atoms with E-state index in [1.54, 1.807) is 11.3 Å². The molecule has 1 aliphatic rings. The summed E-state index contributed by atoms with van der Waals surface area (Å²) in [5, 5.41) is 5.29. The van der Waals surface area contributed by atoms with Gasteiger partial charge >= 0.3 is 0 Å². The number of thioether (sulfide) groups is 1. The Hall–Kier alpha value is -0.780. The second-order valence-electron chi connectivity index (χ2n) is 5.71. The van der Waals surface area contributed by atoms with Crippen LogP contribution in [0.3, 0.4) is 0 Å². The molecule has 3 N–H and O–H groups in total. The lowest BCUT2D eigenvalue weighted by Crippen LogP contribution is -2.25. The topological polar surface area (TPSA) is 50.9 Å². The van der Waals surface area contributed by atoms with Crippen molar-refractivity contribution in [1.29, 1.82) is 0 Å². The molecule has 1 aromatic carbocycles. The second-order valence-corrected chi connectivity index (χ2v) is 7.91. The van der Waals surface area contributed by atoms with Gasteiger partial charge < -0.3 is 5.73 Å². The highest BCUT2D eigenvalue weighted by Gasteiger charge is 2.27. The molecule has 0 saturated carbocycles. The number of unbranched alkanes of at least 4 members (excludes halogenated alkanes) is 3. The largest absolute Gasteiger partial charge is 0.399 e. The van der Waals surface area contributed by atoms with E-state index in [9.17, 15) is 0 Å². The van der Waals surface area contributed by atoms with Crippen LogP contribution in [0.4, 0.5) is 5.69 Å². The van der Waals surface area contributed by atoms with E-state index in [0.717, 1.165) is 11.2 Å². The Balaban J connectivity index is 1.59. The number of thiazole rings is 1. The van der Waals surface area contributed by atoms with Crippen LogP contribution in [0, 0.1) is 0 Å². The summed E-state index contributed by atoms with van der Waals surface area (Å²) in [6.07, 6.45) is 6.67. The van der Waals surface area contributed by atoms with E-state index in [1.165, 1.54) is 47.6 Å². The van der Waals surface area contributed by atoms with Crippen molar-refractivity contribution in [2.45, 2.75) is 50.4 Å². The highest BCUT2D eigenvalue weighted by atomic mass is 32.2. The highest BCUT2D eigenvalue weighted by molar-refractivity contribution is 7.99. The van der Waals surface area contributed by atoms with Crippen molar-refractivity contribution < 1.29 is 0 Å². The van der Waals surface area contributed by atoms with Gasteiger partial charge in [0.15, 0.2) is 0 Å². The number of hydrogen-bond acceptors (Lipinski definition) is 5. The van der Waals surface area contributed by atoms with E-state index in [4.69, 9.17) is 10.7 Å². The van der Waals surface area contributed by atoms with Crippen LogP contribution in [0.25, 0.3) is 10.2 Å². The summed E-state index contributed by atoms with van der Waals surface area (Å²) in [7, 11) is 0. The Morgan fingerprint density at radius 1 is 1.33 bits per heavy atom. The molecule has 3 rings (SSSR count). The van der Waals surface area contributed by atoms with Gasteiger partial charge in [0.2, 0.25) is 0 Å². The maximum Gasteiger partial charge on any atom is 0.121 e. The van der Waals surface area contributed by atoms with E-state index in [1.807, 2.05) is 30.0 Å². The zero-order chi connectivity index (χ0) is 14.7. The highest BCUT2D eigenvalue weighted by Crippen LogP contribution is 2.38. The minimum atomic E-state index is 0.361. The fraction of sp³-hybridized carbons (Fsp3) is 0.562. The maximum absolute atomic E-state index is 5.85. The van der Waals surface area contributed by atoms with Crippen LogP contribution in [0.5, 0.6) is 0 Å². The molecule has 2 unspecified atom stereocenters. The van der Waals surface area contributed by atoms with Gasteiger partial charge in [-0.3, -0.25) is 5.32 Å². The van der Waals surface area contributed by atoms with Crippen molar-refractivity contribution in [3.8, 4) is 0 Å². The van der Waals surface area contributed by atoms with Crippen LogP contribution in [0.1, 0.15) is 49.4 Å². The molecule has 1 fully saturated rings. The van der Waals surface area contributed by atoms with Crippen molar-refractivity contribution >= 4 is 39.0 Å². The molecule has 0 aliphatic carbocycles. The molecule has 1 aromatic heterocycles. The molecule has 2 aromatic rings. The fourth-order valence-electron chi connectivity index (χ4n) is 2.72. The smallest absolute Gasteiger partial charge is 0.121 e. The summed E-state index contributed by atoms with van der Waals surface area (Å²) in [4.78, 5) is 4.76. The molecule has 0 bridgehead atoms. The van der Waals surface area contributed by atoms with Crippen LogP contribution in [0.15, 0.2) is 18.2 Å². The Labute approximate surface area is 134 Å². The van der Waals surface area contributed by atoms with E-state index in [2.05, 4.69) is 12.2 Å². The van der Waals surface area contributed by atoms with Gasteiger partial charge in [0.25, 0.3) is 0 Å². The Bertz CT molecular complexity index is 596. The average Bonchev–Trinajstić information content (AvgIpc) is 3.09. The SMILES string of the molecule is CCCCCCC1CSC(c2nc3ccc(N)cc3s2)N1. The molecule has 0 amide bonds. The molecule has 0 spiro atoms. The number of hydrogen-bond donors (Lipinski definition) is 2. The molecule has 0 radical (unpaired) electrons. The van der Waals surface area contributed by atoms with Gasteiger partial charge in [0, 0.05) is 17.5 Å². The van der Waals surface area contributed by atoms with Crippen LogP contribution in [-0.2, 0) is 0 Å². The van der Waals surface area contributed by atoms with Crippen LogP contribution < -0.4 is 11.1 Å². The van der Waals surface area contributed by atoms with Crippen LogP contribution >= 0.6 is 23.1 Å². The number of fused-ring (bicyclic) bond motifs is 1. The van der Waals surface area contributed by atoms with Gasteiger partial charge in [-0.2, -0.15) is 0 Å². The fourth-order valence-corrected chi connectivity index (χ4v) is 5.20. The van der Waals surface area contributed by atoms with Crippen molar-refractivity contribution in [2.24, 2.45) is 0 Å². The van der Waals surface area contributed by atoms with Crippen molar-refractivity contribution in [3.63, 3.8) is 0 Å². The molecule has 1 saturated heterocycles. The number of benzene rings is 1. The summed E-state index contributed by atoms with van der Waals surface area (Å²) < 4.78 is 1.19. The van der Waals surface area contributed by atoms with Gasteiger partial charge in [-0.1, -0.05) is 32.6 Å². The summed E-state index contributed by atoms with van der Waals surface area (Å²) in [5.74, 6) is 1.20. The third kappa shape index (κ3) is 3.71. The van der Waals surface area contributed by atoms with Gasteiger partial charge in [-0.25, -0.2) is 4.98 Å². The molecule has 114 valence electrons. The summed E-state index contributed by atoms with van der Waals surface area (Å²) in [6, 6.07) is 6.62. The second kappa shape index (κ2) is 6.99. The first-order valence-corrected chi connectivity index (χ1v) is 9.66. The van der Waals surface area contributed by atoms with Gasteiger partial charge in [0.1, 0.15) is 10.4 Å².